The summed E-state index contributed by atoms with van der Waals surface area (Å²) in [6, 6.07) is 13.0. The molecule has 2 aromatic heterocycles. The van der Waals surface area contributed by atoms with Crippen LogP contribution in [0.3, 0.4) is 0 Å². The molecule has 2 aromatic carbocycles. The second-order valence-electron chi connectivity index (χ2n) is 9.35. The van der Waals surface area contributed by atoms with Gasteiger partial charge >= 0.3 is 6.18 Å². The van der Waals surface area contributed by atoms with E-state index in [9.17, 15) is 22.7 Å². The lowest BCUT2D eigenvalue weighted by atomic mass is 9.98. The molecule has 0 radical (unpaired) electrons. The number of morpholine rings is 1. The fraction of sp³-hybridized carbons (Fsp3) is 0.241. The van der Waals surface area contributed by atoms with Gasteiger partial charge in [-0.25, -0.2) is 19.8 Å². The van der Waals surface area contributed by atoms with Gasteiger partial charge in [0.25, 0.3) is 0 Å². The van der Waals surface area contributed by atoms with E-state index < -0.39 is 17.6 Å². The maximum Gasteiger partial charge on any atom is 0.417 e. The molecular weight excluding hydrogens is 554 g/mol. The van der Waals surface area contributed by atoms with Gasteiger partial charge < -0.3 is 20.1 Å². The molecule has 1 fully saturated rings. The van der Waals surface area contributed by atoms with Crippen LogP contribution in [0.15, 0.2) is 65.9 Å². The number of nitrogens with zero attached hydrogens (tertiary/aromatic N) is 5. The third-order valence-corrected chi connectivity index (χ3v) is 6.49. The van der Waals surface area contributed by atoms with Crippen molar-refractivity contribution in [2.45, 2.75) is 19.5 Å². The highest BCUT2D eigenvalue weighted by Gasteiger charge is 2.34. The average molecular weight is 582 g/mol. The van der Waals surface area contributed by atoms with E-state index in [0.29, 0.717) is 49.8 Å². The zero-order valence-electron chi connectivity index (χ0n) is 22.5. The minimum absolute atomic E-state index is 0.0425. The van der Waals surface area contributed by atoms with Crippen LogP contribution < -0.4 is 15.6 Å². The highest BCUT2D eigenvalue weighted by Crippen LogP contribution is 2.40. The van der Waals surface area contributed by atoms with Crippen LogP contribution >= 0.6 is 0 Å². The number of ether oxygens (including phenoxy) is 1. The molecule has 9 nitrogen and oxygen atoms in total. The summed E-state index contributed by atoms with van der Waals surface area (Å²) in [5.74, 6) is -0.391. The second kappa shape index (κ2) is 12.4. The van der Waals surface area contributed by atoms with E-state index in [1.165, 1.54) is 36.5 Å². The smallest absolute Gasteiger partial charge is 0.417 e. The van der Waals surface area contributed by atoms with Crippen LogP contribution in [0.2, 0.25) is 0 Å². The van der Waals surface area contributed by atoms with Crippen molar-refractivity contribution >= 4 is 29.4 Å². The van der Waals surface area contributed by atoms with Gasteiger partial charge in [-0.05, 0) is 53.9 Å². The maximum absolute atomic E-state index is 14.3. The van der Waals surface area contributed by atoms with E-state index in [2.05, 4.69) is 30.8 Å². The Bertz CT molecular complexity index is 1590. The topological polar surface area (TPSA) is 108 Å². The summed E-state index contributed by atoms with van der Waals surface area (Å²) < 4.78 is 61.5. The van der Waals surface area contributed by atoms with E-state index in [0.717, 1.165) is 12.3 Å². The summed E-state index contributed by atoms with van der Waals surface area (Å²) in [7, 11) is 0. The van der Waals surface area contributed by atoms with Gasteiger partial charge in [-0.1, -0.05) is 25.1 Å². The number of aryl methyl sites for hydroxylation is 1. The summed E-state index contributed by atoms with van der Waals surface area (Å²) in [4.78, 5) is 14.5. The summed E-state index contributed by atoms with van der Waals surface area (Å²) in [5.41, 5.74) is 3.92. The third kappa shape index (κ3) is 6.74. The summed E-state index contributed by atoms with van der Waals surface area (Å²) in [6.45, 7) is 3.86. The number of rotatable bonds is 8. The number of phenols is 1. The molecule has 3 heterocycles. The van der Waals surface area contributed by atoms with E-state index in [1.807, 2.05) is 6.92 Å². The number of nitrogens with one attached hydrogen (secondary N) is 2. The molecule has 0 bridgehead atoms. The number of phenolic OH excluding ortho intramolecular Hbond substituents is 1. The standard InChI is InChI=1S/C29H27F4N7O2/c1-2-25-26(36-19-6-8-22(23(15-19)29(31,32)33)18-4-3-5-21(41)14-18)9-7-20(37-25)16-35-39-28-34-17-24(30)27(38-28)40-10-12-42-13-11-40/h3-9,14-17,36,41H,2,10-13H2,1H3,(H,34,38,39)/b35-16+. The van der Waals surface area contributed by atoms with Gasteiger partial charge in [-0.15, -0.1) is 0 Å². The number of pyridine rings is 1. The molecular formula is C29H27F4N7O2. The molecule has 0 spiro atoms. The highest BCUT2D eigenvalue weighted by atomic mass is 19.4. The zero-order chi connectivity index (χ0) is 29.7. The van der Waals surface area contributed by atoms with Crippen molar-refractivity contribution in [2.75, 3.05) is 41.9 Å². The molecule has 218 valence electrons. The first-order valence-corrected chi connectivity index (χ1v) is 13.1. The van der Waals surface area contributed by atoms with Crippen LogP contribution in [0.5, 0.6) is 5.75 Å². The number of anilines is 4. The molecule has 3 N–H and O–H groups in total. The quantitative estimate of drug-likeness (QED) is 0.132. The highest BCUT2D eigenvalue weighted by molar-refractivity contribution is 5.79. The minimum atomic E-state index is -4.62. The Morgan fingerprint density at radius 2 is 1.88 bits per heavy atom. The predicted molar refractivity (Wildman–Crippen MR) is 152 cm³/mol. The van der Waals surface area contributed by atoms with Gasteiger partial charge in [0.05, 0.1) is 48.3 Å². The summed E-state index contributed by atoms with van der Waals surface area (Å²) in [5, 5.41) is 16.9. The van der Waals surface area contributed by atoms with Crippen LogP contribution in [0.4, 0.5) is 40.7 Å². The largest absolute Gasteiger partial charge is 0.508 e. The van der Waals surface area contributed by atoms with Crippen LogP contribution in [0, 0.1) is 5.82 Å². The first-order chi connectivity index (χ1) is 20.2. The Labute approximate surface area is 238 Å². The lowest BCUT2D eigenvalue weighted by Crippen LogP contribution is -2.37. The first kappa shape index (κ1) is 28.7. The summed E-state index contributed by atoms with van der Waals surface area (Å²) >= 11 is 0. The van der Waals surface area contributed by atoms with Crippen LogP contribution in [-0.4, -0.2) is 52.6 Å². The Morgan fingerprint density at radius 3 is 2.62 bits per heavy atom. The molecule has 0 amide bonds. The number of aromatic nitrogens is 3. The number of aromatic hydroxyl groups is 1. The second-order valence-corrected chi connectivity index (χ2v) is 9.35. The molecule has 0 atom stereocenters. The molecule has 4 aromatic rings. The lowest BCUT2D eigenvalue weighted by molar-refractivity contribution is -0.137. The lowest BCUT2D eigenvalue weighted by Gasteiger charge is -2.27. The number of hydrazone groups is 1. The van der Waals surface area contributed by atoms with Gasteiger partial charge in [-0.3, -0.25) is 0 Å². The number of hydrogen-bond donors (Lipinski definition) is 3. The number of alkyl halides is 3. The fourth-order valence-electron chi connectivity index (χ4n) is 4.48. The minimum Gasteiger partial charge on any atom is -0.508 e. The van der Waals surface area contributed by atoms with Gasteiger partial charge in [0.1, 0.15) is 5.75 Å². The van der Waals surface area contributed by atoms with Gasteiger partial charge in [0.2, 0.25) is 5.95 Å². The van der Waals surface area contributed by atoms with Crippen LogP contribution in [-0.2, 0) is 17.3 Å². The van der Waals surface area contributed by atoms with Crippen molar-refractivity contribution < 1.29 is 27.4 Å². The van der Waals surface area contributed by atoms with Crippen molar-refractivity contribution in [1.29, 1.82) is 0 Å². The van der Waals surface area contributed by atoms with Crippen molar-refractivity contribution in [3.63, 3.8) is 0 Å². The van der Waals surface area contributed by atoms with Crippen molar-refractivity contribution in [2.24, 2.45) is 5.10 Å². The zero-order valence-corrected chi connectivity index (χ0v) is 22.5. The van der Waals surface area contributed by atoms with E-state index in [1.54, 1.807) is 23.1 Å². The third-order valence-electron chi connectivity index (χ3n) is 6.49. The molecule has 0 saturated carbocycles. The van der Waals surface area contributed by atoms with Crippen LogP contribution in [0.25, 0.3) is 11.1 Å². The van der Waals surface area contributed by atoms with E-state index in [-0.39, 0.29) is 34.3 Å². The van der Waals surface area contributed by atoms with Crippen molar-refractivity contribution in [3.8, 4) is 16.9 Å². The van der Waals surface area contributed by atoms with Crippen molar-refractivity contribution in [3.05, 3.63) is 83.6 Å². The molecule has 1 saturated heterocycles. The molecule has 1 aliphatic heterocycles. The van der Waals surface area contributed by atoms with Gasteiger partial charge in [-0.2, -0.15) is 23.3 Å². The molecule has 5 rings (SSSR count). The maximum atomic E-state index is 14.3. The van der Waals surface area contributed by atoms with Crippen molar-refractivity contribution in [1.82, 2.24) is 15.0 Å². The normalized spacial score (nSPS) is 13.9. The van der Waals surface area contributed by atoms with E-state index >= 15 is 0 Å². The Hall–Kier alpha value is -4.78. The van der Waals surface area contributed by atoms with Gasteiger partial charge in [0.15, 0.2) is 11.6 Å². The predicted octanol–water partition coefficient (Wildman–Crippen LogP) is 5.99. The molecule has 42 heavy (non-hydrogen) atoms. The SMILES string of the molecule is CCc1nc(/C=N/Nc2ncc(F)c(N3CCOCC3)n2)ccc1Nc1ccc(-c2cccc(O)c2)c(C(F)(F)F)c1. The van der Waals surface area contributed by atoms with Crippen LogP contribution in [0.1, 0.15) is 23.9 Å². The molecule has 0 aliphatic carbocycles. The molecule has 13 heteroatoms. The first-order valence-electron chi connectivity index (χ1n) is 13.1. The monoisotopic (exact) mass is 581 g/mol. The van der Waals surface area contributed by atoms with E-state index in [4.69, 9.17) is 4.74 Å². The number of hydrogen-bond acceptors (Lipinski definition) is 9. The Morgan fingerprint density at radius 1 is 1.07 bits per heavy atom. The summed E-state index contributed by atoms with van der Waals surface area (Å²) in [6.07, 6.45) is -1.61. The number of halogens is 4. The average Bonchev–Trinajstić information content (AvgIpc) is 2.98. The molecule has 0 unspecified atom stereocenters. The number of benzene rings is 2. The molecule has 1 aliphatic rings. The Balaban J connectivity index is 1.32. The van der Waals surface area contributed by atoms with Gasteiger partial charge in [0, 0.05) is 18.8 Å². The fourth-order valence-corrected chi connectivity index (χ4v) is 4.48. The Kier molecular flexibility index (Phi) is 8.48.